The quantitative estimate of drug-likeness (QED) is 0.536. The van der Waals surface area contributed by atoms with Crippen LogP contribution in [0.25, 0.3) is 0 Å². The molecule has 1 amide bonds. The fraction of sp³-hybridized carbons (Fsp3) is 0.471. The maximum atomic E-state index is 12.4. The molecule has 25 heavy (non-hydrogen) atoms. The van der Waals surface area contributed by atoms with Gasteiger partial charge in [-0.25, -0.2) is 0 Å². The van der Waals surface area contributed by atoms with Crippen molar-refractivity contribution in [3.63, 3.8) is 0 Å². The van der Waals surface area contributed by atoms with Crippen molar-refractivity contribution in [1.29, 1.82) is 0 Å². The molecule has 5 nitrogen and oxygen atoms in total. The number of rotatable bonds is 6. The summed E-state index contributed by atoms with van der Waals surface area (Å²) in [7, 11) is 0. The minimum absolute atomic E-state index is 0.0624. The maximum Gasteiger partial charge on any atom is 0.229 e. The van der Waals surface area contributed by atoms with Crippen LogP contribution in [0.15, 0.2) is 33.1 Å². The molecule has 1 N–H and O–H groups in total. The second-order valence-electron chi connectivity index (χ2n) is 5.97. The first-order valence-corrected chi connectivity index (χ1v) is 11.0. The van der Waals surface area contributed by atoms with Crippen LogP contribution < -0.4 is 5.32 Å². The average Bonchev–Trinajstić information content (AvgIpc) is 3.05. The van der Waals surface area contributed by atoms with E-state index in [0.29, 0.717) is 5.13 Å². The Labute approximate surface area is 164 Å². The summed E-state index contributed by atoms with van der Waals surface area (Å²) >= 11 is 6.56. The molecule has 0 bridgehead atoms. The number of thioether (sulfide) groups is 1. The third-order valence-corrected chi connectivity index (χ3v) is 6.57. The molecule has 1 aromatic heterocycles. The lowest BCUT2D eigenvalue weighted by Crippen LogP contribution is -2.37. The summed E-state index contributed by atoms with van der Waals surface area (Å²) in [6, 6.07) is 8.43. The lowest BCUT2D eigenvalue weighted by atomic mass is 9.95. The number of nitrogens with zero attached hydrogens (tertiary/aromatic N) is 3. The lowest BCUT2D eigenvalue weighted by Gasteiger charge is -2.31. The van der Waals surface area contributed by atoms with Gasteiger partial charge in [0.2, 0.25) is 11.0 Å². The van der Waals surface area contributed by atoms with Gasteiger partial charge in [0.05, 0.1) is 0 Å². The Bertz CT molecular complexity index is 699. The number of carbonyl (C=O) groups is 1. The zero-order valence-electron chi connectivity index (χ0n) is 14.1. The number of amides is 1. The number of benzene rings is 1. The molecule has 0 aliphatic carbocycles. The molecule has 8 heteroatoms. The van der Waals surface area contributed by atoms with Crippen LogP contribution in [-0.4, -0.2) is 39.8 Å². The normalized spacial score (nSPS) is 16.1. The molecule has 2 aromatic rings. The summed E-state index contributed by atoms with van der Waals surface area (Å²) in [4.78, 5) is 14.8. The minimum atomic E-state index is 0.0624. The Hall–Kier alpha value is -0.960. The van der Waals surface area contributed by atoms with E-state index in [4.69, 9.17) is 0 Å². The molecule has 1 aliphatic heterocycles. The van der Waals surface area contributed by atoms with Crippen molar-refractivity contribution in [2.45, 2.75) is 30.6 Å². The molecule has 0 spiro atoms. The number of piperidine rings is 1. The van der Waals surface area contributed by atoms with Gasteiger partial charge in [0, 0.05) is 16.9 Å². The second kappa shape index (κ2) is 9.12. The number of halogens is 1. The predicted octanol–water partition coefficient (Wildman–Crippen LogP) is 4.26. The highest BCUT2D eigenvalue weighted by Gasteiger charge is 2.25. The van der Waals surface area contributed by atoms with Crippen LogP contribution in [0.5, 0.6) is 0 Å². The highest BCUT2D eigenvalue weighted by molar-refractivity contribution is 9.10. The highest BCUT2D eigenvalue weighted by Crippen LogP contribution is 2.26. The smallest absolute Gasteiger partial charge is 0.229 e. The molecule has 1 aromatic carbocycles. The zero-order chi connectivity index (χ0) is 17.6. The Morgan fingerprint density at radius 1 is 1.32 bits per heavy atom. The van der Waals surface area contributed by atoms with E-state index in [-0.39, 0.29) is 11.8 Å². The van der Waals surface area contributed by atoms with Gasteiger partial charge < -0.3 is 5.32 Å². The van der Waals surface area contributed by atoms with E-state index in [1.54, 1.807) is 11.8 Å². The molecule has 0 unspecified atom stereocenters. The molecular weight excluding hydrogens is 420 g/mol. The summed E-state index contributed by atoms with van der Waals surface area (Å²) in [6.07, 6.45) is 1.77. The van der Waals surface area contributed by atoms with E-state index >= 15 is 0 Å². The summed E-state index contributed by atoms with van der Waals surface area (Å²) in [6.45, 7) is 4.91. The van der Waals surface area contributed by atoms with Crippen LogP contribution in [0.2, 0.25) is 0 Å². The van der Waals surface area contributed by atoms with Gasteiger partial charge in [-0.2, -0.15) is 0 Å². The van der Waals surface area contributed by atoms with Crippen LogP contribution in [0.1, 0.15) is 25.3 Å². The van der Waals surface area contributed by atoms with Gasteiger partial charge in [0.15, 0.2) is 4.34 Å². The predicted molar refractivity (Wildman–Crippen MR) is 107 cm³/mol. The summed E-state index contributed by atoms with van der Waals surface area (Å²) in [5.74, 6) is 1.10. The SMILES string of the molecule is CCSc1nnc(NC(=O)C2CCN(Cc3ccc(Br)cc3)CC2)s1. The number of hydrogen-bond donors (Lipinski definition) is 1. The fourth-order valence-corrected chi connectivity index (χ4v) is 4.77. The van der Waals surface area contributed by atoms with Crippen molar-refractivity contribution in [2.24, 2.45) is 5.92 Å². The minimum Gasteiger partial charge on any atom is -0.300 e. The third kappa shape index (κ3) is 5.51. The molecule has 3 rings (SSSR count). The van der Waals surface area contributed by atoms with Crippen molar-refractivity contribution in [3.8, 4) is 0 Å². The van der Waals surface area contributed by atoms with Crippen molar-refractivity contribution in [1.82, 2.24) is 15.1 Å². The van der Waals surface area contributed by atoms with Gasteiger partial charge in [0.25, 0.3) is 0 Å². The molecule has 134 valence electrons. The van der Waals surface area contributed by atoms with Crippen LogP contribution in [-0.2, 0) is 11.3 Å². The molecular formula is C17H21BrN4OS2. The van der Waals surface area contributed by atoms with Gasteiger partial charge in [-0.05, 0) is 49.4 Å². The molecule has 1 saturated heterocycles. The number of anilines is 1. The molecule has 1 fully saturated rings. The van der Waals surface area contributed by atoms with E-state index in [0.717, 1.165) is 47.0 Å². The van der Waals surface area contributed by atoms with Crippen LogP contribution >= 0.6 is 39.0 Å². The number of aromatic nitrogens is 2. The average molecular weight is 441 g/mol. The fourth-order valence-electron chi connectivity index (χ4n) is 2.85. The van der Waals surface area contributed by atoms with E-state index in [2.05, 4.69) is 67.5 Å². The zero-order valence-corrected chi connectivity index (χ0v) is 17.3. The largest absolute Gasteiger partial charge is 0.300 e. The van der Waals surface area contributed by atoms with Crippen molar-refractivity contribution in [2.75, 3.05) is 24.2 Å². The van der Waals surface area contributed by atoms with Crippen LogP contribution in [0, 0.1) is 5.92 Å². The Balaban J connectivity index is 1.46. The summed E-state index contributed by atoms with van der Waals surface area (Å²) in [5.41, 5.74) is 1.31. The standard InChI is InChI=1S/C17H21BrN4OS2/c1-2-24-17-21-20-16(25-17)19-15(23)13-7-9-22(10-8-13)11-12-3-5-14(18)6-4-12/h3-6,13H,2,7-11H2,1H3,(H,19,20,23). The van der Waals surface area contributed by atoms with Crippen molar-refractivity contribution in [3.05, 3.63) is 34.3 Å². The van der Waals surface area contributed by atoms with Crippen LogP contribution in [0.3, 0.4) is 0 Å². The van der Waals surface area contributed by atoms with Gasteiger partial charge in [-0.15, -0.1) is 10.2 Å². The van der Waals surface area contributed by atoms with Gasteiger partial charge in [-0.3, -0.25) is 9.69 Å². The summed E-state index contributed by atoms with van der Waals surface area (Å²) < 4.78 is 2.01. The Morgan fingerprint density at radius 2 is 2.04 bits per heavy atom. The third-order valence-electron chi connectivity index (χ3n) is 4.18. The van der Waals surface area contributed by atoms with Crippen molar-refractivity contribution < 1.29 is 4.79 Å². The number of hydrogen-bond acceptors (Lipinski definition) is 6. The van der Waals surface area contributed by atoms with Gasteiger partial charge in [-0.1, -0.05) is 58.1 Å². The highest BCUT2D eigenvalue weighted by atomic mass is 79.9. The van der Waals surface area contributed by atoms with E-state index < -0.39 is 0 Å². The van der Waals surface area contributed by atoms with E-state index in [9.17, 15) is 4.79 Å². The molecule has 0 radical (unpaired) electrons. The molecule has 0 atom stereocenters. The first-order valence-electron chi connectivity index (χ1n) is 8.38. The topological polar surface area (TPSA) is 58.1 Å². The number of carbonyl (C=O) groups excluding carboxylic acids is 1. The van der Waals surface area contributed by atoms with E-state index in [1.165, 1.54) is 16.9 Å². The van der Waals surface area contributed by atoms with E-state index in [1.807, 2.05) is 0 Å². The molecule has 1 aliphatic rings. The number of likely N-dealkylation sites (tertiary alicyclic amines) is 1. The lowest BCUT2D eigenvalue weighted by molar-refractivity contribution is -0.121. The van der Waals surface area contributed by atoms with Crippen molar-refractivity contribution >= 4 is 50.1 Å². The Morgan fingerprint density at radius 3 is 2.72 bits per heavy atom. The monoisotopic (exact) mass is 440 g/mol. The number of nitrogens with one attached hydrogen (secondary N) is 1. The van der Waals surface area contributed by atoms with Gasteiger partial charge in [0.1, 0.15) is 0 Å². The maximum absolute atomic E-state index is 12.4. The summed E-state index contributed by atoms with van der Waals surface area (Å²) in [5, 5.41) is 11.7. The first-order chi connectivity index (χ1) is 12.1. The first kappa shape index (κ1) is 18.8. The van der Waals surface area contributed by atoms with Crippen LogP contribution in [0.4, 0.5) is 5.13 Å². The molecule has 0 saturated carbocycles. The molecule has 2 heterocycles. The Kier molecular flexibility index (Phi) is 6.86. The second-order valence-corrected chi connectivity index (χ2v) is 9.38. The van der Waals surface area contributed by atoms with Gasteiger partial charge >= 0.3 is 0 Å².